The van der Waals surface area contributed by atoms with Gasteiger partial charge in [-0.25, -0.2) is 0 Å². The summed E-state index contributed by atoms with van der Waals surface area (Å²) in [4.78, 5) is 14.6. The highest BCUT2D eigenvalue weighted by Crippen LogP contribution is 2.30. The second kappa shape index (κ2) is 9.30. The van der Waals surface area contributed by atoms with Crippen LogP contribution in [0.25, 0.3) is 16.4 Å². The van der Waals surface area contributed by atoms with Crippen LogP contribution in [0.3, 0.4) is 0 Å². The number of aromatic nitrogens is 3. The largest absolute Gasteiger partial charge is 0.325 e. The first kappa shape index (κ1) is 19.8. The monoisotopic (exact) mass is 438 g/mol. The molecule has 4 aromatic rings. The van der Waals surface area contributed by atoms with Gasteiger partial charge in [-0.3, -0.25) is 9.36 Å². The van der Waals surface area contributed by atoms with Gasteiger partial charge < -0.3 is 5.32 Å². The molecule has 29 heavy (non-hydrogen) atoms. The van der Waals surface area contributed by atoms with Crippen molar-refractivity contribution in [1.29, 1.82) is 0 Å². The van der Waals surface area contributed by atoms with E-state index in [-0.39, 0.29) is 11.7 Å². The molecule has 0 spiro atoms. The Labute approximate surface area is 181 Å². The smallest absolute Gasteiger partial charge is 0.234 e. The third-order valence-electron chi connectivity index (χ3n) is 4.08. The lowest BCUT2D eigenvalue weighted by Gasteiger charge is -2.10. The second-order valence-electron chi connectivity index (χ2n) is 6.02. The number of carbonyl (C=O) groups excluding carboxylic acids is 1. The molecule has 4 rings (SSSR count). The van der Waals surface area contributed by atoms with Crippen molar-refractivity contribution < 1.29 is 4.79 Å². The molecule has 0 saturated carbocycles. The summed E-state index contributed by atoms with van der Waals surface area (Å²) in [7, 11) is 0. The number of para-hydroxylation sites is 1. The van der Waals surface area contributed by atoms with Crippen molar-refractivity contribution in [1.82, 2.24) is 14.8 Å². The molecule has 2 aromatic heterocycles. The fourth-order valence-corrected chi connectivity index (χ4v) is 4.68. The lowest BCUT2D eigenvalue weighted by Crippen LogP contribution is -2.14. The van der Waals surface area contributed by atoms with Crippen molar-refractivity contribution in [2.24, 2.45) is 0 Å². The van der Waals surface area contributed by atoms with E-state index >= 15 is 0 Å². The van der Waals surface area contributed by atoms with Crippen LogP contribution in [0.1, 0.15) is 0 Å². The molecule has 2 aromatic carbocycles. The summed E-state index contributed by atoms with van der Waals surface area (Å²) in [5.41, 5.74) is 1.77. The molecule has 0 aliphatic carbocycles. The van der Waals surface area contributed by atoms with Crippen LogP contribution in [0.5, 0.6) is 0 Å². The van der Waals surface area contributed by atoms with Gasteiger partial charge in [0.05, 0.1) is 10.6 Å². The highest BCUT2D eigenvalue weighted by Gasteiger charge is 2.17. The Kier molecular flexibility index (Phi) is 6.33. The first-order valence-electron chi connectivity index (χ1n) is 8.86. The number of hydrogen-bond donors (Lipinski definition) is 1. The number of nitrogens with zero attached hydrogens (tertiary/aromatic N) is 3. The summed E-state index contributed by atoms with van der Waals surface area (Å²) < 4.78 is 2.00. The Morgan fingerprint density at radius 1 is 1.07 bits per heavy atom. The summed E-state index contributed by atoms with van der Waals surface area (Å²) >= 11 is 4.63. The molecule has 0 unspecified atom stereocenters. The zero-order valence-electron chi connectivity index (χ0n) is 15.6. The van der Waals surface area contributed by atoms with Gasteiger partial charge in [0, 0.05) is 16.3 Å². The first-order chi connectivity index (χ1) is 14.2. The zero-order valence-corrected chi connectivity index (χ0v) is 18.1. The predicted octanol–water partition coefficient (Wildman–Crippen LogP) is 5.45. The van der Waals surface area contributed by atoms with Gasteiger partial charge in [-0.1, -0.05) is 42.1 Å². The van der Waals surface area contributed by atoms with Crippen molar-refractivity contribution >= 4 is 46.5 Å². The molecule has 0 atom stereocenters. The van der Waals surface area contributed by atoms with Crippen LogP contribution in [0.4, 0.5) is 5.69 Å². The minimum Gasteiger partial charge on any atom is -0.325 e. The Balaban J connectivity index is 1.53. The topological polar surface area (TPSA) is 59.8 Å². The average molecular weight is 439 g/mol. The van der Waals surface area contributed by atoms with E-state index in [9.17, 15) is 4.79 Å². The van der Waals surface area contributed by atoms with Crippen molar-refractivity contribution in [2.45, 2.75) is 10.1 Å². The Morgan fingerprint density at radius 2 is 1.93 bits per heavy atom. The summed E-state index contributed by atoms with van der Waals surface area (Å²) in [6, 6.07) is 21.8. The van der Waals surface area contributed by atoms with E-state index in [1.165, 1.54) is 11.8 Å². The van der Waals surface area contributed by atoms with Gasteiger partial charge in [0.1, 0.15) is 0 Å². The zero-order chi connectivity index (χ0) is 20.1. The van der Waals surface area contributed by atoms with Crippen LogP contribution in [0.15, 0.2) is 82.2 Å². The summed E-state index contributed by atoms with van der Waals surface area (Å²) in [6.45, 7) is 0. The SMILES string of the molecule is CSc1cccc(NC(=O)CSc2nnc(-c3cccs3)n2-c2ccccc2)c1. The second-order valence-corrected chi connectivity index (χ2v) is 8.79. The minimum atomic E-state index is -0.0754. The van der Waals surface area contributed by atoms with E-state index in [1.807, 2.05) is 82.9 Å². The molecular weight excluding hydrogens is 420 g/mol. The van der Waals surface area contributed by atoms with Crippen LogP contribution in [-0.2, 0) is 4.79 Å². The van der Waals surface area contributed by atoms with E-state index in [4.69, 9.17) is 0 Å². The maximum Gasteiger partial charge on any atom is 0.234 e. The maximum absolute atomic E-state index is 12.5. The number of carbonyl (C=O) groups is 1. The molecule has 146 valence electrons. The summed E-state index contributed by atoms with van der Waals surface area (Å²) in [6.07, 6.45) is 2.01. The number of nitrogens with one attached hydrogen (secondary N) is 1. The van der Waals surface area contributed by atoms with Crippen molar-refractivity contribution in [3.8, 4) is 16.4 Å². The summed E-state index contributed by atoms with van der Waals surface area (Å²) in [5.74, 6) is 0.953. The molecule has 5 nitrogen and oxygen atoms in total. The molecule has 0 aliphatic rings. The van der Waals surface area contributed by atoms with Gasteiger partial charge in [0.15, 0.2) is 11.0 Å². The van der Waals surface area contributed by atoms with Gasteiger partial charge in [-0.15, -0.1) is 33.3 Å². The van der Waals surface area contributed by atoms with Gasteiger partial charge in [0.2, 0.25) is 5.91 Å². The third kappa shape index (κ3) is 4.72. The van der Waals surface area contributed by atoms with Gasteiger partial charge in [0.25, 0.3) is 0 Å². The van der Waals surface area contributed by atoms with Gasteiger partial charge in [-0.2, -0.15) is 0 Å². The number of amides is 1. The fraction of sp³-hybridized carbons (Fsp3) is 0.0952. The maximum atomic E-state index is 12.5. The van der Waals surface area contributed by atoms with Crippen LogP contribution in [0, 0.1) is 0 Å². The minimum absolute atomic E-state index is 0.0754. The van der Waals surface area contributed by atoms with E-state index in [1.54, 1.807) is 23.1 Å². The molecule has 1 N–H and O–H groups in total. The van der Waals surface area contributed by atoms with E-state index in [2.05, 4.69) is 15.5 Å². The lowest BCUT2D eigenvalue weighted by atomic mass is 10.3. The van der Waals surface area contributed by atoms with E-state index in [0.717, 1.165) is 27.0 Å². The summed E-state index contributed by atoms with van der Waals surface area (Å²) in [5, 5.41) is 14.4. The molecule has 0 fully saturated rings. The predicted molar refractivity (Wildman–Crippen MR) is 122 cm³/mol. The number of hydrogen-bond acceptors (Lipinski definition) is 6. The van der Waals surface area contributed by atoms with Gasteiger partial charge >= 0.3 is 0 Å². The van der Waals surface area contributed by atoms with Crippen molar-refractivity contribution in [2.75, 3.05) is 17.3 Å². The molecule has 2 heterocycles. The highest BCUT2D eigenvalue weighted by molar-refractivity contribution is 7.99. The van der Waals surface area contributed by atoms with Crippen LogP contribution in [-0.4, -0.2) is 32.7 Å². The molecule has 0 bridgehead atoms. The lowest BCUT2D eigenvalue weighted by molar-refractivity contribution is -0.113. The van der Waals surface area contributed by atoms with Gasteiger partial charge in [-0.05, 0) is 48.0 Å². The quantitative estimate of drug-likeness (QED) is 0.389. The molecule has 8 heteroatoms. The number of anilines is 1. The normalized spacial score (nSPS) is 10.8. The van der Waals surface area contributed by atoms with Crippen LogP contribution < -0.4 is 5.32 Å². The highest BCUT2D eigenvalue weighted by atomic mass is 32.2. The molecule has 0 aliphatic heterocycles. The van der Waals surface area contributed by atoms with Crippen LogP contribution in [0.2, 0.25) is 0 Å². The standard InChI is InChI=1S/C21H18N4OS3/c1-27-17-10-5-7-15(13-17)22-19(26)14-29-21-24-23-20(18-11-6-12-28-18)25(21)16-8-3-2-4-9-16/h2-13H,14H2,1H3,(H,22,26). The number of thioether (sulfide) groups is 2. The number of rotatable bonds is 7. The molecular formula is C21H18N4OS3. The fourth-order valence-electron chi connectivity index (χ4n) is 2.77. The average Bonchev–Trinajstić information content (AvgIpc) is 3.42. The van der Waals surface area contributed by atoms with Crippen LogP contribution >= 0.6 is 34.9 Å². The molecule has 1 amide bonds. The Hall–Kier alpha value is -2.55. The third-order valence-corrected chi connectivity index (χ3v) is 6.60. The van der Waals surface area contributed by atoms with E-state index in [0.29, 0.717) is 5.16 Å². The Morgan fingerprint density at radius 3 is 2.69 bits per heavy atom. The number of benzene rings is 2. The number of thiophene rings is 1. The first-order valence-corrected chi connectivity index (χ1v) is 11.9. The van der Waals surface area contributed by atoms with Crippen molar-refractivity contribution in [3.05, 3.63) is 72.1 Å². The van der Waals surface area contributed by atoms with E-state index < -0.39 is 0 Å². The Bertz CT molecular complexity index is 1090. The molecule has 0 radical (unpaired) electrons. The molecule has 0 saturated heterocycles. The van der Waals surface area contributed by atoms with Crippen molar-refractivity contribution in [3.63, 3.8) is 0 Å².